The maximum Gasteiger partial charge on any atom is 0.269 e. The van der Waals surface area contributed by atoms with Crippen LogP contribution in [0.4, 0.5) is 11.4 Å². The highest BCUT2D eigenvalue weighted by atomic mass is 16.6. The van der Waals surface area contributed by atoms with E-state index in [2.05, 4.69) is 4.98 Å². The molecule has 0 spiro atoms. The number of hydrazone groups is 1. The number of benzene rings is 2. The molecule has 1 aromatic heterocycles. The van der Waals surface area contributed by atoms with E-state index >= 15 is 0 Å². The molecular weight excluding hydrogens is 328 g/mol. The van der Waals surface area contributed by atoms with E-state index in [1.165, 1.54) is 12.1 Å². The van der Waals surface area contributed by atoms with E-state index in [9.17, 15) is 10.1 Å². The topological polar surface area (TPSA) is 71.6 Å². The van der Waals surface area contributed by atoms with Gasteiger partial charge >= 0.3 is 0 Å². The van der Waals surface area contributed by atoms with Gasteiger partial charge in [-0.25, -0.2) is 0 Å². The standard InChI is InChI=1S/C20H16N4O2/c25-24(26)17-11-9-15(10-12-17)20-14-19(18-8-4-5-13-21-18)22-23(20)16-6-2-1-3-7-16/h1-13,20H,14H2/t20-/m1/s1. The number of nitrogens with zero attached hydrogens (tertiary/aromatic N) is 4. The van der Waals surface area contributed by atoms with Crippen molar-refractivity contribution in [2.24, 2.45) is 5.10 Å². The molecule has 0 radical (unpaired) electrons. The number of nitro groups is 1. The Balaban J connectivity index is 1.72. The van der Waals surface area contributed by atoms with Gasteiger partial charge in [-0.15, -0.1) is 0 Å². The number of hydrogen-bond donors (Lipinski definition) is 0. The van der Waals surface area contributed by atoms with Gasteiger partial charge in [0.1, 0.15) is 0 Å². The van der Waals surface area contributed by atoms with Gasteiger partial charge in [0.25, 0.3) is 5.69 Å². The lowest BCUT2D eigenvalue weighted by Crippen LogP contribution is -2.18. The second-order valence-corrected chi connectivity index (χ2v) is 6.01. The zero-order valence-electron chi connectivity index (χ0n) is 13.9. The summed E-state index contributed by atoms with van der Waals surface area (Å²) in [6.45, 7) is 0. The van der Waals surface area contributed by atoms with Crippen molar-refractivity contribution in [2.45, 2.75) is 12.5 Å². The highest BCUT2D eigenvalue weighted by Gasteiger charge is 2.30. The van der Waals surface area contributed by atoms with Crippen molar-refractivity contribution < 1.29 is 4.92 Å². The van der Waals surface area contributed by atoms with Crippen LogP contribution >= 0.6 is 0 Å². The molecule has 0 bridgehead atoms. The molecule has 3 aromatic rings. The minimum absolute atomic E-state index is 0.0322. The molecule has 0 aliphatic carbocycles. The molecule has 0 saturated heterocycles. The van der Waals surface area contributed by atoms with Crippen LogP contribution in [-0.2, 0) is 0 Å². The second-order valence-electron chi connectivity index (χ2n) is 6.01. The summed E-state index contributed by atoms with van der Waals surface area (Å²) in [4.78, 5) is 14.9. The van der Waals surface area contributed by atoms with Crippen LogP contribution in [0, 0.1) is 10.1 Å². The largest absolute Gasteiger partial charge is 0.269 e. The van der Waals surface area contributed by atoms with Crippen LogP contribution in [0.1, 0.15) is 23.7 Å². The fourth-order valence-electron chi connectivity index (χ4n) is 3.10. The summed E-state index contributed by atoms with van der Waals surface area (Å²) in [6, 6.07) is 22.3. The monoisotopic (exact) mass is 344 g/mol. The average Bonchev–Trinajstić information content (AvgIpc) is 3.15. The predicted molar refractivity (Wildman–Crippen MR) is 100 cm³/mol. The second kappa shape index (κ2) is 6.76. The van der Waals surface area contributed by atoms with E-state index in [1.807, 2.05) is 53.5 Å². The SMILES string of the molecule is O=[N+]([O-])c1ccc([C@H]2CC(c3ccccn3)=NN2c2ccccc2)cc1. The lowest BCUT2D eigenvalue weighted by Gasteiger charge is -2.23. The molecular formula is C20H16N4O2. The maximum atomic E-state index is 10.9. The van der Waals surface area contributed by atoms with Crippen molar-refractivity contribution >= 4 is 17.1 Å². The first kappa shape index (κ1) is 16.0. The van der Waals surface area contributed by atoms with E-state index < -0.39 is 0 Å². The van der Waals surface area contributed by atoms with Gasteiger partial charge in [-0.2, -0.15) is 5.10 Å². The van der Waals surface area contributed by atoms with Crippen molar-refractivity contribution in [1.29, 1.82) is 0 Å². The van der Waals surface area contributed by atoms with Crippen molar-refractivity contribution in [2.75, 3.05) is 5.01 Å². The molecule has 0 saturated carbocycles. The molecule has 1 atom stereocenters. The fraction of sp³-hybridized carbons (Fsp3) is 0.100. The third-order valence-corrected chi connectivity index (χ3v) is 4.38. The Labute approximate surface area is 150 Å². The Morgan fingerprint density at radius 2 is 1.69 bits per heavy atom. The number of para-hydroxylation sites is 1. The van der Waals surface area contributed by atoms with Gasteiger partial charge in [0.05, 0.1) is 28.1 Å². The van der Waals surface area contributed by atoms with E-state index in [0.717, 1.165) is 22.7 Å². The summed E-state index contributed by atoms with van der Waals surface area (Å²) in [7, 11) is 0. The smallest absolute Gasteiger partial charge is 0.258 e. The minimum atomic E-state index is -0.386. The summed E-state index contributed by atoms with van der Waals surface area (Å²) in [5.74, 6) is 0. The summed E-state index contributed by atoms with van der Waals surface area (Å²) < 4.78 is 0. The van der Waals surface area contributed by atoms with Crippen LogP contribution in [0.2, 0.25) is 0 Å². The van der Waals surface area contributed by atoms with Crippen LogP contribution in [0.25, 0.3) is 0 Å². The van der Waals surface area contributed by atoms with E-state index in [-0.39, 0.29) is 16.7 Å². The number of anilines is 1. The average molecular weight is 344 g/mol. The molecule has 2 heterocycles. The summed E-state index contributed by atoms with van der Waals surface area (Å²) in [5.41, 5.74) is 3.79. The Morgan fingerprint density at radius 3 is 2.35 bits per heavy atom. The van der Waals surface area contributed by atoms with Gasteiger partial charge in [0, 0.05) is 24.8 Å². The third kappa shape index (κ3) is 3.04. The molecule has 1 aliphatic heterocycles. The normalized spacial score (nSPS) is 16.4. The molecule has 4 rings (SSSR count). The predicted octanol–water partition coefficient (Wildman–Crippen LogP) is 4.35. The first-order valence-electron chi connectivity index (χ1n) is 8.30. The van der Waals surface area contributed by atoms with Crippen molar-refractivity contribution in [3.05, 3.63) is 100 Å². The van der Waals surface area contributed by atoms with Crippen molar-refractivity contribution in [3.8, 4) is 0 Å². The van der Waals surface area contributed by atoms with Gasteiger partial charge in [0.2, 0.25) is 0 Å². The van der Waals surface area contributed by atoms with E-state index in [0.29, 0.717) is 6.42 Å². The Morgan fingerprint density at radius 1 is 0.962 bits per heavy atom. The number of pyridine rings is 1. The van der Waals surface area contributed by atoms with E-state index in [4.69, 9.17) is 5.10 Å². The molecule has 26 heavy (non-hydrogen) atoms. The lowest BCUT2D eigenvalue weighted by atomic mass is 10.00. The first-order chi connectivity index (χ1) is 12.7. The van der Waals surface area contributed by atoms with Crippen molar-refractivity contribution in [3.63, 3.8) is 0 Å². The third-order valence-electron chi connectivity index (χ3n) is 4.38. The molecule has 2 aromatic carbocycles. The van der Waals surface area contributed by atoms with Crippen molar-refractivity contribution in [1.82, 2.24) is 4.98 Å². The van der Waals surface area contributed by atoms with Crippen LogP contribution in [0.3, 0.4) is 0 Å². The van der Waals surface area contributed by atoms with Gasteiger partial charge in [-0.1, -0.05) is 36.4 Å². The molecule has 6 nitrogen and oxygen atoms in total. The molecule has 128 valence electrons. The maximum absolute atomic E-state index is 10.9. The lowest BCUT2D eigenvalue weighted by molar-refractivity contribution is -0.384. The van der Waals surface area contributed by atoms with Gasteiger partial charge in [-0.3, -0.25) is 20.1 Å². The quantitative estimate of drug-likeness (QED) is 0.521. The number of rotatable bonds is 4. The Bertz CT molecular complexity index is 941. The fourth-order valence-corrected chi connectivity index (χ4v) is 3.10. The number of non-ortho nitro benzene ring substituents is 1. The number of hydrogen-bond acceptors (Lipinski definition) is 5. The molecule has 0 N–H and O–H groups in total. The van der Waals surface area contributed by atoms with Crippen LogP contribution in [-0.4, -0.2) is 15.6 Å². The van der Waals surface area contributed by atoms with Gasteiger partial charge in [0.15, 0.2) is 0 Å². The highest BCUT2D eigenvalue weighted by Crippen LogP contribution is 2.36. The summed E-state index contributed by atoms with van der Waals surface area (Å²) >= 11 is 0. The van der Waals surface area contributed by atoms with Gasteiger partial charge < -0.3 is 0 Å². The highest BCUT2D eigenvalue weighted by molar-refractivity contribution is 6.01. The molecule has 0 unspecified atom stereocenters. The Kier molecular flexibility index (Phi) is 4.15. The van der Waals surface area contributed by atoms with Crippen LogP contribution < -0.4 is 5.01 Å². The number of aromatic nitrogens is 1. The molecule has 6 heteroatoms. The first-order valence-corrected chi connectivity index (χ1v) is 8.30. The van der Waals surface area contributed by atoms with E-state index in [1.54, 1.807) is 18.3 Å². The molecule has 1 aliphatic rings. The summed E-state index contributed by atoms with van der Waals surface area (Å²) in [5, 5.41) is 17.7. The molecule has 0 fully saturated rings. The number of nitro benzene ring substituents is 1. The minimum Gasteiger partial charge on any atom is -0.258 e. The zero-order valence-corrected chi connectivity index (χ0v) is 13.9. The van der Waals surface area contributed by atoms with Crippen LogP contribution in [0.5, 0.6) is 0 Å². The van der Waals surface area contributed by atoms with Crippen LogP contribution in [0.15, 0.2) is 84.1 Å². The van der Waals surface area contributed by atoms with Gasteiger partial charge in [-0.05, 0) is 29.8 Å². The summed E-state index contributed by atoms with van der Waals surface area (Å²) in [6.07, 6.45) is 2.44. The zero-order chi connectivity index (χ0) is 17.9. The Hall–Kier alpha value is -3.54. The molecule has 0 amide bonds.